The van der Waals surface area contributed by atoms with E-state index in [1.54, 1.807) is 0 Å². The van der Waals surface area contributed by atoms with Gasteiger partial charge in [-0.3, -0.25) is 0 Å². The summed E-state index contributed by atoms with van der Waals surface area (Å²) in [4.78, 5) is 12.5. The number of sulfonamides is 1. The van der Waals surface area contributed by atoms with E-state index in [0.29, 0.717) is 0 Å². The van der Waals surface area contributed by atoms with Crippen molar-refractivity contribution in [2.24, 2.45) is 5.10 Å². The molecule has 138 valence electrons. The van der Waals surface area contributed by atoms with Crippen LogP contribution >= 0.6 is 15.9 Å². The van der Waals surface area contributed by atoms with Crippen LogP contribution < -0.4 is 4.83 Å². The van der Waals surface area contributed by atoms with Crippen LogP contribution in [0.1, 0.15) is 22.8 Å². The number of carbonyl (C=O) groups is 1. The smallest absolute Gasteiger partial charge is 0.339 e. The Morgan fingerprint density at radius 3 is 2.38 bits per heavy atom. The van der Waals surface area contributed by atoms with Gasteiger partial charge in [-0.1, -0.05) is 0 Å². The van der Waals surface area contributed by atoms with E-state index in [1.807, 2.05) is 4.83 Å². The third-order valence-corrected chi connectivity index (χ3v) is 5.09. The zero-order chi connectivity index (χ0) is 19.6. The van der Waals surface area contributed by atoms with Crippen LogP contribution in [0.25, 0.3) is 0 Å². The van der Waals surface area contributed by atoms with E-state index in [0.717, 1.165) is 18.2 Å². The molecule has 0 amide bonds. The highest BCUT2D eigenvalue weighted by Crippen LogP contribution is 2.32. The number of benzene rings is 2. The Bertz CT molecular complexity index is 1020. The zero-order valence-corrected chi connectivity index (χ0v) is 15.5. The molecule has 26 heavy (non-hydrogen) atoms. The molecule has 0 radical (unpaired) electrons. The standard InChI is InChI=1S/C15H13BrN2O7S/c1-7(10-4-8(19)5-12(16)14(10)21)17-18-26(24,25)9-2-3-13(20)11(6-9)15(22)23/h2-6,18-21H,1H3,(H,22,23)/b17-7+. The molecular weight excluding hydrogens is 432 g/mol. The lowest BCUT2D eigenvalue weighted by Gasteiger charge is -2.09. The molecule has 2 aromatic rings. The van der Waals surface area contributed by atoms with Crippen LogP contribution in [0, 0.1) is 0 Å². The Balaban J connectivity index is 2.37. The van der Waals surface area contributed by atoms with E-state index in [1.165, 1.54) is 19.1 Å². The number of aromatic hydroxyl groups is 3. The minimum absolute atomic E-state index is 0.0416. The molecule has 0 spiro atoms. The number of rotatable bonds is 5. The summed E-state index contributed by atoms with van der Waals surface area (Å²) in [5, 5.41) is 41.6. The van der Waals surface area contributed by atoms with E-state index >= 15 is 0 Å². The van der Waals surface area contributed by atoms with E-state index in [9.17, 15) is 28.5 Å². The second kappa shape index (κ2) is 7.22. The predicted octanol–water partition coefficient (Wildman–Crippen LogP) is 1.97. The number of phenolic OH excluding ortho intramolecular Hbond substituents is 2. The van der Waals surface area contributed by atoms with Crippen LogP contribution in [-0.2, 0) is 10.0 Å². The molecule has 0 saturated carbocycles. The maximum atomic E-state index is 12.3. The van der Waals surface area contributed by atoms with Crippen molar-refractivity contribution >= 4 is 37.6 Å². The van der Waals surface area contributed by atoms with Crippen LogP contribution in [0.5, 0.6) is 17.2 Å². The number of aromatic carboxylic acids is 1. The first-order valence-electron chi connectivity index (χ1n) is 6.87. The van der Waals surface area contributed by atoms with Crippen molar-refractivity contribution < 1.29 is 33.6 Å². The first kappa shape index (κ1) is 19.5. The number of carboxylic acids is 1. The largest absolute Gasteiger partial charge is 0.508 e. The van der Waals surface area contributed by atoms with Crippen molar-refractivity contribution in [2.45, 2.75) is 11.8 Å². The van der Waals surface area contributed by atoms with Crippen LogP contribution in [0.2, 0.25) is 0 Å². The Morgan fingerprint density at radius 2 is 1.77 bits per heavy atom. The van der Waals surface area contributed by atoms with E-state index in [2.05, 4.69) is 21.0 Å². The summed E-state index contributed by atoms with van der Waals surface area (Å²) < 4.78 is 24.7. The summed E-state index contributed by atoms with van der Waals surface area (Å²) in [5.41, 5.74) is -0.459. The minimum atomic E-state index is -4.24. The number of phenols is 3. The summed E-state index contributed by atoms with van der Waals surface area (Å²) in [6.07, 6.45) is 0. The Kier molecular flexibility index (Phi) is 5.42. The summed E-state index contributed by atoms with van der Waals surface area (Å²) >= 11 is 3.04. The van der Waals surface area contributed by atoms with Crippen molar-refractivity contribution in [1.82, 2.24) is 4.83 Å². The Hall–Kier alpha value is -2.79. The average Bonchev–Trinajstić information content (AvgIpc) is 2.56. The van der Waals surface area contributed by atoms with E-state index in [4.69, 9.17) is 5.11 Å². The topological polar surface area (TPSA) is 157 Å². The molecule has 0 aliphatic carbocycles. The van der Waals surface area contributed by atoms with Crippen molar-refractivity contribution in [3.05, 3.63) is 45.9 Å². The fourth-order valence-electron chi connectivity index (χ4n) is 1.96. The Labute approximate surface area is 156 Å². The van der Waals surface area contributed by atoms with Gasteiger partial charge < -0.3 is 20.4 Å². The second-order valence-corrected chi connectivity index (χ2v) is 7.61. The third kappa shape index (κ3) is 4.06. The highest BCUT2D eigenvalue weighted by atomic mass is 79.9. The van der Waals surface area contributed by atoms with Gasteiger partial charge in [-0.05, 0) is 53.2 Å². The number of nitrogens with one attached hydrogen (secondary N) is 1. The SMILES string of the molecule is C/C(=N\NS(=O)(=O)c1ccc(O)c(C(=O)O)c1)c1cc(O)cc(Br)c1O. The number of hydrogen-bond acceptors (Lipinski definition) is 7. The van der Waals surface area contributed by atoms with Gasteiger partial charge in [-0.2, -0.15) is 18.4 Å². The maximum absolute atomic E-state index is 12.3. The van der Waals surface area contributed by atoms with Gasteiger partial charge in [0.15, 0.2) is 0 Å². The zero-order valence-electron chi connectivity index (χ0n) is 13.1. The molecule has 11 heteroatoms. The van der Waals surface area contributed by atoms with Gasteiger partial charge in [0.1, 0.15) is 22.8 Å². The Morgan fingerprint density at radius 1 is 1.12 bits per heavy atom. The van der Waals surface area contributed by atoms with Crippen LogP contribution in [0.15, 0.2) is 44.8 Å². The normalized spacial score (nSPS) is 12.0. The molecule has 9 nitrogen and oxygen atoms in total. The molecule has 0 heterocycles. The van der Waals surface area contributed by atoms with Crippen molar-refractivity contribution in [3.63, 3.8) is 0 Å². The van der Waals surface area contributed by atoms with Gasteiger partial charge in [-0.15, -0.1) is 0 Å². The predicted molar refractivity (Wildman–Crippen MR) is 95.1 cm³/mol. The third-order valence-electron chi connectivity index (χ3n) is 3.28. The monoisotopic (exact) mass is 444 g/mol. The van der Waals surface area contributed by atoms with Crippen LogP contribution in [0.4, 0.5) is 0 Å². The molecule has 0 aliphatic rings. The summed E-state index contributed by atoms with van der Waals surface area (Å²) in [7, 11) is -4.24. The summed E-state index contributed by atoms with van der Waals surface area (Å²) in [5.74, 6) is -2.49. The molecule has 0 fully saturated rings. The minimum Gasteiger partial charge on any atom is -0.508 e. The lowest BCUT2D eigenvalue weighted by molar-refractivity contribution is 0.0693. The molecule has 0 saturated heterocycles. The molecule has 0 aromatic heterocycles. The number of hydrazone groups is 1. The van der Waals surface area contributed by atoms with Crippen LogP contribution in [-0.4, -0.2) is 40.5 Å². The average molecular weight is 445 g/mol. The quantitative estimate of drug-likeness (QED) is 0.268. The maximum Gasteiger partial charge on any atom is 0.339 e. The first-order valence-corrected chi connectivity index (χ1v) is 9.15. The molecule has 2 aromatic carbocycles. The summed E-state index contributed by atoms with van der Waals surface area (Å²) in [6, 6.07) is 5.17. The highest BCUT2D eigenvalue weighted by Gasteiger charge is 2.19. The van der Waals surface area contributed by atoms with Gasteiger partial charge in [0.25, 0.3) is 10.0 Å². The molecule has 5 N–H and O–H groups in total. The number of carboxylic acid groups (broad SMARTS) is 1. The second-order valence-electron chi connectivity index (χ2n) is 5.10. The lowest BCUT2D eigenvalue weighted by Crippen LogP contribution is -2.20. The molecule has 0 unspecified atom stereocenters. The van der Waals surface area contributed by atoms with Crippen molar-refractivity contribution in [1.29, 1.82) is 0 Å². The van der Waals surface area contributed by atoms with Gasteiger partial charge in [0.05, 0.1) is 15.1 Å². The number of nitrogens with zero attached hydrogens (tertiary/aromatic N) is 1. The first-order chi connectivity index (χ1) is 12.0. The van der Waals surface area contributed by atoms with Gasteiger partial charge in [0, 0.05) is 5.56 Å². The van der Waals surface area contributed by atoms with Gasteiger partial charge in [0.2, 0.25) is 0 Å². The van der Waals surface area contributed by atoms with E-state index < -0.39 is 32.2 Å². The molecule has 0 aliphatic heterocycles. The van der Waals surface area contributed by atoms with Crippen LogP contribution in [0.3, 0.4) is 0 Å². The lowest BCUT2D eigenvalue weighted by atomic mass is 10.1. The van der Waals surface area contributed by atoms with Crippen molar-refractivity contribution in [3.8, 4) is 17.2 Å². The number of halogens is 1. The molecule has 2 rings (SSSR count). The fraction of sp³-hybridized carbons (Fsp3) is 0.0667. The fourth-order valence-corrected chi connectivity index (χ4v) is 3.29. The molecule has 0 bridgehead atoms. The molecule has 0 atom stereocenters. The summed E-state index contributed by atoms with van der Waals surface area (Å²) in [6.45, 7) is 1.39. The van der Waals surface area contributed by atoms with E-state index in [-0.39, 0.29) is 27.2 Å². The molecular formula is C15H13BrN2O7S. The highest BCUT2D eigenvalue weighted by molar-refractivity contribution is 9.10. The van der Waals surface area contributed by atoms with Crippen molar-refractivity contribution in [2.75, 3.05) is 0 Å². The number of hydrogen-bond donors (Lipinski definition) is 5. The van der Waals surface area contributed by atoms with Gasteiger partial charge >= 0.3 is 5.97 Å². The van der Waals surface area contributed by atoms with Gasteiger partial charge in [-0.25, -0.2) is 4.79 Å².